The molecule has 0 saturated carbocycles. The van der Waals surface area contributed by atoms with Crippen LogP contribution in [0.25, 0.3) is 0 Å². The first-order valence-electron chi connectivity index (χ1n) is 6.12. The number of halogens is 1. The van der Waals surface area contributed by atoms with E-state index >= 15 is 0 Å². The van der Waals surface area contributed by atoms with Gasteiger partial charge >= 0.3 is 0 Å². The molecule has 94 valence electrons. The zero-order valence-electron chi connectivity index (χ0n) is 10.5. The largest absolute Gasteiger partial charge is 0.349 e. The third kappa shape index (κ3) is 1.97. The molecule has 1 unspecified atom stereocenters. The summed E-state index contributed by atoms with van der Waals surface area (Å²) in [5.41, 5.74) is 2.65. The van der Waals surface area contributed by atoms with Gasteiger partial charge in [-0.2, -0.15) is 0 Å². The van der Waals surface area contributed by atoms with Gasteiger partial charge in [-0.25, -0.2) is 4.98 Å². The van der Waals surface area contributed by atoms with Crippen LogP contribution in [0.2, 0.25) is 0 Å². The van der Waals surface area contributed by atoms with Gasteiger partial charge in [0.15, 0.2) is 0 Å². The molecule has 2 nitrogen and oxygen atoms in total. The first-order valence-corrected chi connectivity index (χ1v) is 7.79. The second-order valence-electron chi connectivity index (χ2n) is 4.74. The Hall–Kier alpha value is -0.870. The molecule has 0 spiro atoms. The van der Waals surface area contributed by atoms with Crippen LogP contribution in [-0.2, 0) is 6.42 Å². The Balaban J connectivity index is 1.99. The molecule has 2 aromatic rings. The summed E-state index contributed by atoms with van der Waals surface area (Å²) < 4.78 is 1.09. The fraction of sp³-hybridized carbons (Fsp3) is 0.357. The summed E-state index contributed by atoms with van der Waals surface area (Å²) in [6, 6.07) is 4.79. The van der Waals surface area contributed by atoms with Crippen molar-refractivity contribution in [1.82, 2.24) is 4.98 Å². The molecule has 0 N–H and O–H groups in total. The van der Waals surface area contributed by atoms with E-state index in [1.807, 2.05) is 17.5 Å². The van der Waals surface area contributed by atoms with Crippen LogP contribution in [0, 0.1) is 6.92 Å². The minimum atomic E-state index is 0.409. The van der Waals surface area contributed by atoms with Gasteiger partial charge in [-0.1, -0.05) is 0 Å². The van der Waals surface area contributed by atoms with Crippen molar-refractivity contribution >= 4 is 33.1 Å². The summed E-state index contributed by atoms with van der Waals surface area (Å²) in [5, 5.41) is 2.20. The van der Waals surface area contributed by atoms with Gasteiger partial charge in [0.05, 0.1) is 10.5 Å². The molecule has 0 aromatic carbocycles. The third-order valence-electron chi connectivity index (χ3n) is 3.51. The number of pyridine rings is 1. The Bertz CT molecular complexity index is 579. The number of fused-ring (bicyclic) bond motifs is 1. The monoisotopic (exact) mass is 322 g/mol. The van der Waals surface area contributed by atoms with E-state index in [0.29, 0.717) is 6.04 Å². The molecule has 18 heavy (non-hydrogen) atoms. The van der Waals surface area contributed by atoms with E-state index < -0.39 is 0 Å². The van der Waals surface area contributed by atoms with Crippen molar-refractivity contribution in [3.8, 4) is 0 Å². The van der Waals surface area contributed by atoms with Gasteiger partial charge in [0, 0.05) is 17.6 Å². The molecule has 0 aliphatic carbocycles. The maximum Gasteiger partial charge on any atom is 0.143 e. The van der Waals surface area contributed by atoms with Crippen LogP contribution in [0.4, 0.5) is 5.82 Å². The number of aryl methyl sites for hydroxylation is 1. The lowest BCUT2D eigenvalue weighted by atomic mass is 10.0. The van der Waals surface area contributed by atoms with Crippen LogP contribution in [0.15, 0.2) is 28.2 Å². The number of nitrogens with zero attached hydrogens (tertiary/aromatic N) is 2. The number of aromatic nitrogens is 1. The summed E-state index contributed by atoms with van der Waals surface area (Å²) in [7, 11) is 0. The highest BCUT2D eigenvalue weighted by Crippen LogP contribution is 2.37. The highest BCUT2D eigenvalue weighted by molar-refractivity contribution is 9.10. The highest BCUT2D eigenvalue weighted by atomic mass is 79.9. The van der Waals surface area contributed by atoms with E-state index in [2.05, 4.69) is 57.2 Å². The predicted octanol–water partition coefficient (Wildman–Crippen LogP) is 4.34. The van der Waals surface area contributed by atoms with E-state index in [1.54, 1.807) is 0 Å². The van der Waals surface area contributed by atoms with Gasteiger partial charge in [0.1, 0.15) is 5.82 Å². The van der Waals surface area contributed by atoms with Crippen molar-refractivity contribution in [1.29, 1.82) is 0 Å². The summed E-state index contributed by atoms with van der Waals surface area (Å²) >= 11 is 5.51. The molecule has 0 radical (unpaired) electrons. The van der Waals surface area contributed by atoms with Crippen LogP contribution < -0.4 is 4.90 Å². The minimum Gasteiger partial charge on any atom is -0.349 e. The molecule has 0 bridgehead atoms. The molecule has 0 fully saturated rings. The molecule has 1 atom stereocenters. The van der Waals surface area contributed by atoms with Crippen molar-refractivity contribution in [2.45, 2.75) is 26.3 Å². The van der Waals surface area contributed by atoms with Gasteiger partial charge < -0.3 is 4.90 Å². The van der Waals surface area contributed by atoms with Crippen LogP contribution in [0.5, 0.6) is 0 Å². The van der Waals surface area contributed by atoms with Crippen LogP contribution in [0.1, 0.15) is 29.0 Å². The standard InChI is InChI=1S/C14H15BrN2S/c1-9-7-12(15)14(16-8-9)17-5-3-13-11(10(17)2)4-6-18-13/h4,6-8,10H,3,5H2,1-2H3. The Labute approximate surface area is 120 Å². The SMILES string of the molecule is Cc1cnc(N2CCc3sccc3C2C)c(Br)c1. The van der Waals surface area contributed by atoms with E-state index in [-0.39, 0.29) is 0 Å². The zero-order valence-corrected chi connectivity index (χ0v) is 12.9. The molecule has 2 aromatic heterocycles. The van der Waals surface area contributed by atoms with Crippen molar-refractivity contribution in [3.05, 3.63) is 44.2 Å². The fourth-order valence-corrected chi connectivity index (χ4v) is 4.19. The number of anilines is 1. The van der Waals surface area contributed by atoms with E-state index in [9.17, 15) is 0 Å². The number of thiophene rings is 1. The van der Waals surface area contributed by atoms with Gasteiger partial charge in [-0.05, 0) is 64.8 Å². The lowest BCUT2D eigenvalue weighted by Gasteiger charge is -2.35. The summed E-state index contributed by atoms with van der Waals surface area (Å²) in [6.07, 6.45) is 3.06. The van der Waals surface area contributed by atoms with E-state index in [0.717, 1.165) is 23.3 Å². The summed E-state index contributed by atoms with van der Waals surface area (Å²) in [5.74, 6) is 1.06. The molecular formula is C14H15BrN2S. The van der Waals surface area contributed by atoms with Crippen LogP contribution in [-0.4, -0.2) is 11.5 Å². The first-order chi connectivity index (χ1) is 8.66. The van der Waals surface area contributed by atoms with Crippen molar-refractivity contribution < 1.29 is 0 Å². The second-order valence-corrected chi connectivity index (χ2v) is 6.59. The lowest BCUT2D eigenvalue weighted by molar-refractivity contribution is 0.623. The number of hydrogen-bond donors (Lipinski definition) is 0. The van der Waals surface area contributed by atoms with Crippen LogP contribution >= 0.6 is 27.3 Å². The van der Waals surface area contributed by atoms with Gasteiger partial charge in [0.2, 0.25) is 0 Å². The van der Waals surface area contributed by atoms with Crippen molar-refractivity contribution in [2.24, 2.45) is 0 Å². The Morgan fingerprint density at radius 3 is 3.11 bits per heavy atom. The minimum absolute atomic E-state index is 0.409. The maximum absolute atomic E-state index is 4.59. The zero-order chi connectivity index (χ0) is 12.7. The average molecular weight is 323 g/mol. The Kier molecular flexibility index (Phi) is 3.16. The number of hydrogen-bond acceptors (Lipinski definition) is 3. The highest BCUT2D eigenvalue weighted by Gasteiger charge is 2.26. The number of rotatable bonds is 1. The molecule has 1 aliphatic rings. The smallest absolute Gasteiger partial charge is 0.143 e. The van der Waals surface area contributed by atoms with E-state index in [4.69, 9.17) is 0 Å². The lowest BCUT2D eigenvalue weighted by Crippen LogP contribution is -2.34. The third-order valence-corrected chi connectivity index (χ3v) is 5.09. The molecule has 0 saturated heterocycles. The Morgan fingerprint density at radius 1 is 1.50 bits per heavy atom. The fourth-order valence-electron chi connectivity index (χ4n) is 2.54. The van der Waals surface area contributed by atoms with Crippen molar-refractivity contribution in [3.63, 3.8) is 0 Å². The van der Waals surface area contributed by atoms with Gasteiger partial charge in [0.25, 0.3) is 0 Å². The van der Waals surface area contributed by atoms with Gasteiger partial charge in [-0.15, -0.1) is 11.3 Å². The molecule has 0 amide bonds. The Morgan fingerprint density at radius 2 is 2.33 bits per heavy atom. The first kappa shape index (κ1) is 12.2. The quantitative estimate of drug-likeness (QED) is 0.776. The molecular weight excluding hydrogens is 308 g/mol. The van der Waals surface area contributed by atoms with Crippen LogP contribution in [0.3, 0.4) is 0 Å². The maximum atomic E-state index is 4.59. The average Bonchev–Trinajstić information content (AvgIpc) is 2.80. The topological polar surface area (TPSA) is 16.1 Å². The van der Waals surface area contributed by atoms with Gasteiger partial charge in [-0.3, -0.25) is 0 Å². The van der Waals surface area contributed by atoms with Crippen molar-refractivity contribution in [2.75, 3.05) is 11.4 Å². The molecule has 4 heteroatoms. The summed E-state index contributed by atoms with van der Waals surface area (Å²) in [6.45, 7) is 5.38. The predicted molar refractivity (Wildman–Crippen MR) is 80.5 cm³/mol. The molecule has 1 aliphatic heterocycles. The molecule has 3 rings (SSSR count). The summed E-state index contributed by atoms with van der Waals surface area (Å²) in [4.78, 5) is 8.51. The molecule has 3 heterocycles. The second kappa shape index (κ2) is 4.67. The normalized spacial score (nSPS) is 18.8. The van der Waals surface area contributed by atoms with E-state index in [1.165, 1.54) is 16.0 Å².